The number of carbonyl (C=O) groups excluding carboxylic acids is 3. The average molecular weight is 1060 g/mol. The Bertz CT molecular complexity index is 1470. The molecule has 12 heteroatoms. The van der Waals surface area contributed by atoms with E-state index in [-0.39, 0.29) is 25.9 Å². The maximum atomic E-state index is 12.9. The Kier molecular flexibility index (Phi) is 54.2. The Morgan fingerprint density at radius 3 is 1.04 bits per heavy atom. The fourth-order valence-corrected chi connectivity index (χ4v) is 9.06. The van der Waals surface area contributed by atoms with Gasteiger partial charge in [0.25, 0.3) is 0 Å². The minimum absolute atomic E-state index is 0.150. The van der Waals surface area contributed by atoms with Gasteiger partial charge in [0.1, 0.15) is 12.7 Å². The fourth-order valence-electron chi connectivity index (χ4n) is 8.28. The van der Waals surface area contributed by atoms with Crippen LogP contribution in [0.2, 0.25) is 0 Å². The third-order valence-corrected chi connectivity index (χ3v) is 13.9. The summed E-state index contributed by atoms with van der Waals surface area (Å²) in [5.41, 5.74) is 0. The Balaban J connectivity index is 4.75. The summed E-state index contributed by atoms with van der Waals surface area (Å²) in [6.07, 6.45) is 61.7. The molecule has 0 aromatic heterocycles. The van der Waals surface area contributed by atoms with Gasteiger partial charge in [0.2, 0.25) is 0 Å². The minimum Gasteiger partial charge on any atom is -0.462 e. The molecule has 3 unspecified atom stereocenters. The van der Waals surface area contributed by atoms with Crippen molar-refractivity contribution in [2.45, 2.75) is 290 Å². The highest BCUT2D eigenvalue weighted by molar-refractivity contribution is 7.47. The molecule has 11 nitrogen and oxygen atoms in total. The zero-order valence-corrected chi connectivity index (χ0v) is 48.5. The van der Waals surface area contributed by atoms with E-state index < -0.39 is 57.8 Å². The molecule has 2 N–H and O–H groups in total. The molecule has 0 aromatic rings. The van der Waals surface area contributed by atoms with Gasteiger partial charge in [-0.15, -0.1) is 0 Å². The van der Waals surface area contributed by atoms with Crippen LogP contribution in [-0.4, -0.2) is 66.5 Å². The summed E-state index contributed by atoms with van der Waals surface area (Å²) in [7, 11) is -4.75. The summed E-state index contributed by atoms with van der Waals surface area (Å²) in [5, 5.41) is 9.82. The first-order chi connectivity index (χ1) is 36.2. The molecule has 0 aliphatic heterocycles. The molecule has 0 amide bonds. The lowest BCUT2D eigenvalue weighted by Crippen LogP contribution is -2.30. The second-order valence-corrected chi connectivity index (χ2v) is 21.6. The Labute approximate surface area is 453 Å². The van der Waals surface area contributed by atoms with E-state index >= 15 is 0 Å². The highest BCUT2D eigenvalue weighted by Gasteiger charge is 2.28. The molecule has 74 heavy (non-hydrogen) atoms. The Morgan fingerprint density at radius 2 is 0.662 bits per heavy atom. The van der Waals surface area contributed by atoms with Gasteiger partial charge in [0, 0.05) is 19.3 Å². The molecule has 0 rings (SSSR count). The van der Waals surface area contributed by atoms with Crippen LogP contribution in [0.15, 0.2) is 60.8 Å². The maximum Gasteiger partial charge on any atom is 0.472 e. The number of hydrogen-bond acceptors (Lipinski definition) is 10. The summed E-state index contributed by atoms with van der Waals surface area (Å²) in [5.74, 6) is -1.48. The van der Waals surface area contributed by atoms with Crippen molar-refractivity contribution in [3.05, 3.63) is 60.8 Å². The molecule has 0 fully saturated rings. The van der Waals surface area contributed by atoms with Gasteiger partial charge in [-0.3, -0.25) is 23.4 Å². The zero-order valence-electron chi connectivity index (χ0n) is 47.6. The summed E-state index contributed by atoms with van der Waals surface area (Å²) < 4.78 is 39.6. The van der Waals surface area contributed by atoms with Crippen molar-refractivity contribution in [2.24, 2.45) is 0 Å². The summed E-state index contributed by atoms with van der Waals surface area (Å²) in [6, 6.07) is 0. The van der Waals surface area contributed by atoms with E-state index in [1.54, 1.807) is 0 Å². The van der Waals surface area contributed by atoms with E-state index in [2.05, 4.69) is 81.5 Å². The first-order valence-corrected chi connectivity index (χ1v) is 31.7. The van der Waals surface area contributed by atoms with Crippen molar-refractivity contribution in [3.8, 4) is 0 Å². The normalized spacial score (nSPS) is 13.7. The molecule has 0 bridgehead atoms. The van der Waals surface area contributed by atoms with E-state index in [1.807, 2.05) is 0 Å². The molecule has 0 spiro atoms. The summed E-state index contributed by atoms with van der Waals surface area (Å²) >= 11 is 0. The Hall–Kier alpha value is -2.82. The summed E-state index contributed by atoms with van der Waals surface area (Å²) in [4.78, 5) is 48.6. The highest BCUT2D eigenvalue weighted by atomic mass is 31.2. The van der Waals surface area contributed by atoms with Crippen molar-refractivity contribution >= 4 is 25.7 Å². The van der Waals surface area contributed by atoms with Crippen LogP contribution in [0, 0.1) is 0 Å². The first kappa shape index (κ1) is 71.2. The molecule has 0 heterocycles. The van der Waals surface area contributed by atoms with Gasteiger partial charge in [-0.25, -0.2) is 4.57 Å². The van der Waals surface area contributed by atoms with E-state index in [9.17, 15) is 28.9 Å². The van der Waals surface area contributed by atoms with Gasteiger partial charge in [-0.05, 0) is 89.9 Å². The van der Waals surface area contributed by atoms with Crippen LogP contribution >= 0.6 is 7.82 Å². The second-order valence-electron chi connectivity index (χ2n) is 20.2. The summed E-state index contributed by atoms with van der Waals surface area (Å²) in [6.45, 7) is 4.59. The van der Waals surface area contributed by atoms with Crippen molar-refractivity contribution < 1.29 is 52.2 Å². The number of unbranched alkanes of at least 4 members (excludes halogenated alkanes) is 29. The highest BCUT2D eigenvalue weighted by Crippen LogP contribution is 2.43. The lowest BCUT2D eigenvalue weighted by Gasteiger charge is -2.21. The van der Waals surface area contributed by atoms with Crippen molar-refractivity contribution in [1.29, 1.82) is 0 Å². The molecule has 0 saturated carbocycles. The minimum atomic E-state index is -4.75. The number of ether oxygens (including phenoxy) is 3. The molecule has 0 aliphatic carbocycles. The smallest absolute Gasteiger partial charge is 0.462 e. The molecule has 430 valence electrons. The number of phosphoric ester groups is 1. The predicted molar refractivity (Wildman–Crippen MR) is 307 cm³/mol. The molecule has 0 radical (unpaired) electrons. The monoisotopic (exact) mass is 1060 g/mol. The van der Waals surface area contributed by atoms with Crippen molar-refractivity contribution in [3.63, 3.8) is 0 Å². The number of hydrogen-bond donors (Lipinski definition) is 2. The van der Waals surface area contributed by atoms with Gasteiger partial charge in [0.05, 0.1) is 19.8 Å². The zero-order chi connectivity index (χ0) is 54.1. The second kappa shape index (κ2) is 56.4. The number of aliphatic hydroxyl groups excluding tert-OH is 1. The number of aliphatic hydroxyl groups is 1. The van der Waals surface area contributed by atoms with E-state index in [0.29, 0.717) is 19.3 Å². The number of phosphoric acid groups is 1. The molecule has 0 saturated heterocycles. The van der Waals surface area contributed by atoms with Crippen molar-refractivity contribution in [1.82, 2.24) is 0 Å². The molecular weight excluding hydrogens is 952 g/mol. The largest absolute Gasteiger partial charge is 0.472 e. The van der Waals surface area contributed by atoms with Gasteiger partial charge < -0.3 is 24.2 Å². The van der Waals surface area contributed by atoms with Gasteiger partial charge in [0.15, 0.2) is 6.10 Å². The fraction of sp³-hybridized carbons (Fsp3) is 0.790. The maximum absolute atomic E-state index is 12.9. The lowest BCUT2D eigenvalue weighted by atomic mass is 10.0. The third kappa shape index (κ3) is 54.0. The molecular formula is C62H111O11P. The topological polar surface area (TPSA) is 155 Å². The van der Waals surface area contributed by atoms with E-state index in [1.165, 1.54) is 103 Å². The number of carbonyl (C=O) groups is 3. The lowest BCUT2D eigenvalue weighted by molar-refractivity contribution is -0.161. The van der Waals surface area contributed by atoms with Gasteiger partial charge in [-0.2, -0.15) is 0 Å². The molecule has 0 aliphatic rings. The third-order valence-electron chi connectivity index (χ3n) is 12.9. The van der Waals surface area contributed by atoms with Gasteiger partial charge in [-0.1, -0.05) is 229 Å². The molecule has 3 atom stereocenters. The van der Waals surface area contributed by atoms with E-state index in [4.69, 9.17) is 23.3 Å². The number of esters is 3. The number of allylic oxidation sites excluding steroid dienone is 10. The van der Waals surface area contributed by atoms with E-state index in [0.717, 1.165) is 116 Å². The van der Waals surface area contributed by atoms with Crippen LogP contribution in [0.5, 0.6) is 0 Å². The Morgan fingerprint density at radius 1 is 0.378 bits per heavy atom. The first-order valence-electron chi connectivity index (χ1n) is 30.2. The van der Waals surface area contributed by atoms with Crippen molar-refractivity contribution in [2.75, 3.05) is 26.4 Å². The molecule has 0 aromatic carbocycles. The van der Waals surface area contributed by atoms with Crippen LogP contribution < -0.4 is 0 Å². The van der Waals surface area contributed by atoms with Crippen LogP contribution in [-0.2, 0) is 42.2 Å². The quantitative estimate of drug-likeness (QED) is 0.0197. The SMILES string of the molecule is CCCCC/C=C\C/C=C\C/C=C\CCCCCCCCC(=O)OC(COC(=O)CCCCCCC/C=C\C/C=C\CCCCC)COP(=O)(O)OCC(CO)OC(=O)CCCCCCCCCCCCCCC. The van der Waals surface area contributed by atoms with Gasteiger partial charge >= 0.3 is 25.7 Å². The number of rotatable bonds is 56. The standard InChI is InChI=1S/C62H111O11P/c1-4-7-10-13-16-19-22-25-27-28-29-30-32-35-38-41-44-47-50-53-62(66)73-59(55-69-60(64)51-48-45-42-39-36-34-31-26-23-20-17-14-11-8-5-2)57-71-74(67,68)70-56-58(54-63)72-61(65)52-49-46-43-40-37-33-24-21-18-15-12-9-6-3/h16-17,19-20,25-27,29-31,58-59,63H,4-15,18,21-24,28,32-57H2,1-3H3,(H,67,68)/b19-16-,20-17-,27-25-,30-29-,31-26-. The van der Waals surface area contributed by atoms with Crippen LogP contribution in [0.25, 0.3) is 0 Å². The van der Waals surface area contributed by atoms with Crippen LogP contribution in [0.4, 0.5) is 0 Å². The predicted octanol–water partition coefficient (Wildman–Crippen LogP) is 17.9. The average Bonchev–Trinajstić information content (AvgIpc) is 3.39. The van der Waals surface area contributed by atoms with Crippen LogP contribution in [0.1, 0.15) is 278 Å². The van der Waals surface area contributed by atoms with Crippen LogP contribution in [0.3, 0.4) is 0 Å².